The van der Waals surface area contributed by atoms with Gasteiger partial charge in [0.05, 0.1) is 23.5 Å². The fourth-order valence-electron chi connectivity index (χ4n) is 3.32. The van der Waals surface area contributed by atoms with Crippen LogP contribution in [0.2, 0.25) is 0 Å². The zero-order valence-corrected chi connectivity index (χ0v) is 16.0. The number of hydrogen-bond acceptors (Lipinski definition) is 6. The van der Waals surface area contributed by atoms with Crippen LogP contribution >= 0.6 is 11.8 Å². The molecule has 0 saturated carbocycles. The molecule has 3 aromatic rings. The van der Waals surface area contributed by atoms with E-state index >= 15 is 0 Å². The maximum atomic E-state index is 14.1. The number of nitriles is 1. The predicted molar refractivity (Wildman–Crippen MR) is 107 cm³/mol. The molecular weight excluding hydrogens is 395 g/mol. The van der Waals surface area contributed by atoms with Gasteiger partial charge in [0.1, 0.15) is 0 Å². The van der Waals surface area contributed by atoms with Gasteiger partial charge in [-0.3, -0.25) is 9.78 Å². The Kier molecular flexibility index (Phi) is 5.25. The zero-order valence-electron chi connectivity index (χ0n) is 15.2. The van der Waals surface area contributed by atoms with Crippen LogP contribution in [-0.4, -0.2) is 33.7 Å². The molecular formula is C20H16ClFN6O. The number of nitrogens with one attached hydrogen (secondary N) is 1. The van der Waals surface area contributed by atoms with E-state index in [1.165, 1.54) is 18.3 Å². The van der Waals surface area contributed by atoms with Crippen molar-refractivity contribution >= 4 is 17.7 Å². The molecule has 0 aliphatic carbocycles. The number of pyridine rings is 1. The summed E-state index contributed by atoms with van der Waals surface area (Å²) in [6, 6.07) is 12.0. The van der Waals surface area contributed by atoms with E-state index in [1.54, 1.807) is 12.1 Å². The first kappa shape index (κ1) is 19.1. The van der Waals surface area contributed by atoms with Crippen molar-refractivity contribution in [3.05, 3.63) is 76.1 Å². The molecule has 146 valence electrons. The summed E-state index contributed by atoms with van der Waals surface area (Å²) in [7, 11) is 0. The summed E-state index contributed by atoms with van der Waals surface area (Å²) in [6.45, 7) is 1.73. The summed E-state index contributed by atoms with van der Waals surface area (Å²) in [6.07, 6.45) is 2.52. The minimum atomic E-state index is -0.562. The van der Waals surface area contributed by atoms with Crippen molar-refractivity contribution in [2.45, 2.75) is 6.04 Å². The normalized spacial score (nSPS) is 16.4. The van der Waals surface area contributed by atoms with E-state index in [1.807, 2.05) is 17.0 Å². The van der Waals surface area contributed by atoms with Crippen LogP contribution in [-0.2, 0) is 0 Å². The van der Waals surface area contributed by atoms with Gasteiger partial charge >= 0.3 is 0 Å². The first-order valence-electron chi connectivity index (χ1n) is 8.95. The Bertz CT molecular complexity index is 1140. The number of halogens is 2. The lowest BCUT2D eigenvalue weighted by Crippen LogP contribution is -2.47. The first-order valence-corrected chi connectivity index (χ1v) is 9.29. The van der Waals surface area contributed by atoms with Gasteiger partial charge in [-0.2, -0.15) is 9.35 Å². The van der Waals surface area contributed by atoms with Gasteiger partial charge in [0.15, 0.2) is 5.82 Å². The zero-order chi connectivity index (χ0) is 20.4. The van der Waals surface area contributed by atoms with Crippen LogP contribution in [0.4, 0.5) is 10.3 Å². The molecule has 0 bridgehead atoms. The van der Waals surface area contributed by atoms with E-state index < -0.39 is 11.4 Å². The highest BCUT2D eigenvalue weighted by atomic mass is 35.5. The summed E-state index contributed by atoms with van der Waals surface area (Å²) < 4.78 is 15.1. The second kappa shape index (κ2) is 7.99. The number of aromatic nitrogens is 3. The van der Waals surface area contributed by atoms with Gasteiger partial charge in [-0.15, -0.1) is 0 Å². The lowest BCUT2D eigenvalue weighted by atomic mass is 10.0. The number of piperazine rings is 1. The third kappa shape index (κ3) is 3.83. The highest BCUT2D eigenvalue weighted by molar-refractivity contribution is 6.16. The third-order valence-corrected chi connectivity index (χ3v) is 5.12. The molecule has 29 heavy (non-hydrogen) atoms. The van der Waals surface area contributed by atoms with Crippen molar-refractivity contribution in [1.29, 1.82) is 5.26 Å². The standard InChI is InChI=1S/C20H16ClFN6O/c21-28-19(29)9-17(15-5-6-24-11-16(15)22)26-20(28)27-8-7-25-18(12-27)14-3-1-13(10-23)2-4-14/h1-6,9,11,18,25H,7-8,12H2/t18-/m1/s1. The van der Waals surface area contributed by atoms with E-state index in [9.17, 15) is 9.18 Å². The van der Waals surface area contributed by atoms with Crippen LogP contribution in [0, 0.1) is 17.1 Å². The Morgan fingerprint density at radius 3 is 2.79 bits per heavy atom. The smallest absolute Gasteiger partial charge is 0.270 e. The first-order chi connectivity index (χ1) is 14.1. The molecule has 1 saturated heterocycles. The maximum absolute atomic E-state index is 14.1. The molecule has 3 heterocycles. The highest BCUT2D eigenvalue weighted by Gasteiger charge is 2.25. The van der Waals surface area contributed by atoms with Gasteiger partial charge in [0.25, 0.3) is 5.56 Å². The van der Waals surface area contributed by atoms with Crippen molar-refractivity contribution in [1.82, 2.24) is 19.4 Å². The molecule has 1 atom stereocenters. The van der Waals surface area contributed by atoms with E-state index in [2.05, 4.69) is 21.4 Å². The van der Waals surface area contributed by atoms with E-state index in [0.717, 1.165) is 15.8 Å². The lowest BCUT2D eigenvalue weighted by molar-refractivity contribution is 0.465. The van der Waals surface area contributed by atoms with Crippen molar-refractivity contribution in [2.24, 2.45) is 0 Å². The Morgan fingerprint density at radius 1 is 1.28 bits per heavy atom. The molecule has 1 aliphatic rings. The second-order valence-electron chi connectivity index (χ2n) is 6.60. The molecule has 1 aliphatic heterocycles. The van der Waals surface area contributed by atoms with E-state index in [4.69, 9.17) is 17.0 Å². The summed E-state index contributed by atoms with van der Waals surface area (Å²) in [5.41, 5.74) is 1.50. The summed E-state index contributed by atoms with van der Waals surface area (Å²) in [5, 5.41) is 12.4. The predicted octanol–water partition coefficient (Wildman–Crippen LogP) is 2.47. The molecule has 7 nitrogen and oxygen atoms in total. The summed E-state index contributed by atoms with van der Waals surface area (Å²) in [4.78, 5) is 22.5. The van der Waals surface area contributed by atoms with Gasteiger partial charge in [0.2, 0.25) is 5.95 Å². The van der Waals surface area contributed by atoms with Gasteiger partial charge in [-0.05, 0) is 23.8 Å². The molecule has 1 fully saturated rings. The van der Waals surface area contributed by atoms with Crippen molar-refractivity contribution in [3.8, 4) is 17.3 Å². The van der Waals surface area contributed by atoms with E-state index in [0.29, 0.717) is 25.2 Å². The third-order valence-electron chi connectivity index (χ3n) is 4.80. The molecule has 0 radical (unpaired) electrons. The monoisotopic (exact) mass is 410 g/mol. The number of hydrogen-bond donors (Lipinski definition) is 1. The van der Waals surface area contributed by atoms with Crippen LogP contribution in [0.5, 0.6) is 0 Å². The molecule has 0 spiro atoms. The Balaban J connectivity index is 1.67. The fraction of sp³-hybridized carbons (Fsp3) is 0.200. The van der Waals surface area contributed by atoms with Gasteiger partial charge in [-0.1, -0.05) is 12.1 Å². The molecule has 1 aromatic carbocycles. The topological polar surface area (TPSA) is 86.8 Å². The van der Waals surface area contributed by atoms with Gasteiger partial charge in [0, 0.05) is 55.3 Å². The quantitative estimate of drug-likeness (QED) is 0.713. The molecule has 2 aromatic heterocycles. The number of rotatable bonds is 3. The average Bonchev–Trinajstić information content (AvgIpc) is 2.76. The van der Waals surface area contributed by atoms with Crippen molar-refractivity contribution in [2.75, 3.05) is 24.5 Å². The molecule has 0 unspecified atom stereocenters. The number of benzene rings is 1. The Hall–Kier alpha value is -3.28. The van der Waals surface area contributed by atoms with Crippen LogP contribution < -0.4 is 15.8 Å². The Labute approximate surface area is 171 Å². The average molecular weight is 411 g/mol. The number of nitrogens with zero attached hydrogens (tertiary/aromatic N) is 5. The summed E-state index contributed by atoms with van der Waals surface area (Å²) in [5.74, 6) is -0.307. The van der Waals surface area contributed by atoms with Crippen LogP contribution in [0.15, 0.2) is 53.6 Å². The minimum Gasteiger partial charge on any atom is -0.338 e. The fourth-order valence-corrected chi connectivity index (χ4v) is 3.51. The molecule has 9 heteroatoms. The van der Waals surface area contributed by atoms with Gasteiger partial charge in [-0.25, -0.2) is 9.37 Å². The maximum Gasteiger partial charge on any atom is 0.270 e. The van der Waals surface area contributed by atoms with Gasteiger partial charge < -0.3 is 10.2 Å². The molecule has 1 N–H and O–H groups in total. The van der Waals surface area contributed by atoms with Crippen molar-refractivity contribution < 1.29 is 4.39 Å². The van der Waals surface area contributed by atoms with Crippen LogP contribution in [0.25, 0.3) is 11.3 Å². The Morgan fingerprint density at radius 2 is 2.07 bits per heavy atom. The molecule has 0 amide bonds. The van der Waals surface area contributed by atoms with Crippen molar-refractivity contribution in [3.63, 3.8) is 0 Å². The largest absolute Gasteiger partial charge is 0.338 e. The highest BCUT2D eigenvalue weighted by Crippen LogP contribution is 2.25. The van der Waals surface area contributed by atoms with Crippen LogP contribution in [0.1, 0.15) is 17.2 Å². The van der Waals surface area contributed by atoms with E-state index in [-0.39, 0.29) is 23.2 Å². The van der Waals surface area contributed by atoms with Crippen LogP contribution in [0.3, 0.4) is 0 Å². The number of anilines is 1. The second-order valence-corrected chi connectivity index (χ2v) is 6.94. The minimum absolute atomic E-state index is 0.0358. The summed E-state index contributed by atoms with van der Waals surface area (Å²) >= 11 is 6.20. The SMILES string of the molecule is N#Cc1ccc([C@H]2CN(c3nc(-c4ccncc4F)cc(=O)n3Cl)CCN2)cc1. The lowest BCUT2D eigenvalue weighted by Gasteiger charge is -2.35. The molecule has 4 rings (SSSR count).